The van der Waals surface area contributed by atoms with Crippen LogP contribution in [0.2, 0.25) is 0 Å². The van der Waals surface area contributed by atoms with E-state index in [2.05, 4.69) is 71.4 Å². The van der Waals surface area contributed by atoms with Crippen LogP contribution in [0.5, 0.6) is 0 Å². The maximum atomic E-state index is 3.43. The molecule has 0 aliphatic rings. The van der Waals surface area contributed by atoms with Gasteiger partial charge in [-0.2, -0.15) is 0 Å². The van der Waals surface area contributed by atoms with E-state index in [0.717, 1.165) is 0 Å². The molecule has 3 heteroatoms. The third-order valence-corrected chi connectivity index (χ3v) is 5.37. The molecule has 90 valence electrons. The lowest BCUT2D eigenvalue weighted by molar-refractivity contribution is 0.687. The van der Waals surface area contributed by atoms with Gasteiger partial charge in [0.1, 0.15) is 0 Å². The molecule has 1 aromatic carbocycles. The van der Waals surface area contributed by atoms with E-state index in [1.54, 1.807) is 0 Å². The van der Waals surface area contributed by atoms with E-state index in [-0.39, 0.29) is 0 Å². The average molecular weight is 357 g/mol. The van der Waals surface area contributed by atoms with Crippen LogP contribution in [0, 0.1) is 17.4 Å². The van der Waals surface area contributed by atoms with Crippen molar-refractivity contribution in [2.75, 3.05) is 7.05 Å². The molecular formula is C14H16INS. The van der Waals surface area contributed by atoms with Crippen molar-refractivity contribution in [3.05, 3.63) is 54.8 Å². The zero-order chi connectivity index (χ0) is 12.4. The predicted octanol–water partition coefficient (Wildman–Crippen LogP) is 4.28. The van der Waals surface area contributed by atoms with Crippen molar-refractivity contribution in [2.45, 2.75) is 19.9 Å². The Labute approximate surface area is 120 Å². The molecule has 0 saturated heterocycles. The van der Waals surface area contributed by atoms with Crippen LogP contribution in [0.1, 0.15) is 27.6 Å². The van der Waals surface area contributed by atoms with Crippen LogP contribution < -0.4 is 5.32 Å². The molecule has 0 fully saturated rings. The fourth-order valence-electron chi connectivity index (χ4n) is 2.07. The Kier molecular flexibility index (Phi) is 4.22. The minimum atomic E-state index is 0.299. The summed E-state index contributed by atoms with van der Waals surface area (Å²) < 4.78 is 1.36. The van der Waals surface area contributed by atoms with Crippen LogP contribution in [-0.4, -0.2) is 7.05 Å². The van der Waals surface area contributed by atoms with E-state index in [1.807, 2.05) is 18.4 Å². The number of thiophene rings is 1. The molecule has 0 saturated carbocycles. The first kappa shape index (κ1) is 13.1. The highest BCUT2D eigenvalue weighted by atomic mass is 127. The maximum Gasteiger partial charge on any atom is 0.0595 e. The highest BCUT2D eigenvalue weighted by molar-refractivity contribution is 14.1. The van der Waals surface area contributed by atoms with Crippen molar-refractivity contribution < 1.29 is 0 Å². The van der Waals surface area contributed by atoms with Gasteiger partial charge in [-0.3, -0.25) is 0 Å². The summed E-state index contributed by atoms with van der Waals surface area (Å²) in [6.07, 6.45) is 0. The van der Waals surface area contributed by atoms with Crippen molar-refractivity contribution in [1.82, 2.24) is 5.32 Å². The highest BCUT2D eigenvalue weighted by Crippen LogP contribution is 2.31. The smallest absolute Gasteiger partial charge is 0.0595 e. The lowest BCUT2D eigenvalue weighted by atomic mass is 9.98. The van der Waals surface area contributed by atoms with Crippen molar-refractivity contribution >= 4 is 33.9 Å². The Morgan fingerprint density at radius 3 is 2.53 bits per heavy atom. The van der Waals surface area contributed by atoms with Gasteiger partial charge in [-0.05, 0) is 71.6 Å². The molecule has 0 bridgehead atoms. The third-order valence-electron chi connectivity index (χ3n) is 3.03. The summed E-state index contributed by atoms with van der Waals surface area (Å²) in [4.78, 5) is 1.39. The van der Waals surface area contributed by atoms with Crippen LogP contribution >= 0.6 is 33.9 Å². The van der Waals surface area contributed by atoms with Gasteiger partial charge in [0.05, 0.1) is 6.04 Å². The van der Waals surface area contributed by atoms with Gasteiger partial charge in [0.15, 0.2) is 0 Å². The average Bonchev–Trinajstić information content (AvgIpc) is 2.72. The van der Waals surface area contributed by atoms with Gasteiger partial charge in [0.25, 0.3) is 0 Å². The summed E-state index contributed by atoms with van der Waals surface area (Å²) in [5.41, 5.74) is 4.10. The zero-order valence-corrected chi connectivity index (χ0v) is 13.2. The SMILES string of the molecule is CNC(c1ccsc1C)c1cccc(C)c1I. The Balaban J connectivity index is 2.50. The van der Waals surface area contributed by atoms with Crippen molar-refractivity contribution in [3.63, 3.8) is 0 Å². The Morgan fingerprint density at radius 1 is 1.18 bits per heavy atom. The minimum Gasteiger partial charge on any atom is -0.309 e. The standard InChI is InChI=1S/C14H16INS/c1-9-5-4-6-12(13(9)15)14(16-3)11-7-8-17-10(11)2/h4-8,14,16H,1-3H3. The molecule has 0 amide bonds. The quantitative estimate of drug-likeness (QED) is 0.809. The normalized spacial score (nSPS) is 12.7. The first-order valence-electron chi connectivity index (χ1n) is 5.61. The van der Waals surface area contributed by atoms with Crippen molar-refractivity contribution in [3.8, 4) is 0 Å². The highest BCUT2D eigenvalue weighted by Gasteiger charge is 2.17. The molecule has 17 heavy (non-hydrogen) atoms. The molecule has 2 aromatic rings. The molecule has 2 rings (SSSR count). The van der Waals surface area contributed by atoms with Gasteiger partial charge in [0, 0.05) is 8.45 Å². The van der Waals surface area contributed by atoms with Crippen LogP contribution in [0.4, 0.5) is 0 Å². The molecule has 0 radical (unpaired) electrons. The van der Waals surface area contributed by atoms with Crippen molar-refractivity contribution in [1.29, 1.82) is 0 Å². The fraction of sp³-hybridized carbons (Fsp3) is 0.286. The zero-order valence-electron chi connectivity index (χ0n) is 10.3. The van der Waals surface area contributed by atoms with Crippen LogP contribution in [-0.2, 0) is 0 Å². The van der Waals surface area contributed by atoms with Crippen LogP contribution in [0.3, 0.4) is 0 Å². The van der Waals surface area contributed by atoms with E-state index in [9.17, 15) is 0 Å². The maximum absolute atomic E-state index is 3.43. The molecule has 0 aliphatic carbocycles. The minimum absolute atomic E-state index is 0.299. The molecule has 0 spiro atoms. The second kappa shape index (κ2) is 5.50. The Morgan fingerprint density at radius 2 is 1.94 bits per heavy atom. The topological polar surface area (TPSA) is 12.0 Å². The van der Waals surface area contributed by atoms with E-state index in [4.69, 9.17) is 0 Å². The second-order valence-corrected chi connectivity index (χ2v) is 6.33. The van der Waals surface area contributed by atoms with E-state index in [1.165, 1.54) is 25.1 Å². The Bertz CT molecular complexity index is 519. The number of benzene rings is 1. The number of hydrogen-bond donors (Lipinski definition) is 1. The fourth-order valence-corrected chi connectivity index (χ4v) is 3.48. The van der Waals surface area contributed by atoms with Gasteiger partial charge in [-0.1, -0.05) is 18.2 Å². The summed E-state index contributed by atoms with van der Waals surface area (Å²) in [5.74, 6) is 0. The summed E-state index contributed by atoms with van der Waals surface area (Å²) >= 11 is 4.25. The largest absolute Gasteiger partial charge is 0.309 e. The molecule has 1 nitrogen and oxygen atoms in total. The third kappa shape index (κ3) is 2.56. The molecule has 1 unspecified atom stereocenters. The summed E-state index contributed by atoms with van der Waals surface area (Å²) in [6, 6.07) is 9.04. The van der Waals surface area contributed by atoms with Crippen LogP contribution in [0.15, 0.2) is 29.6 Å². The number of aryl methyl sites for hydroxylation is 2. The second-order valence-electron chi connectivity index (χ2n) is 4.13. The monoisotopic (exact) mass is 357 g/mol. The molecule has 1 aromatic heterocycles. The number of hydrogen-bond acceptors (Lipinski definition) is 2. The van der Waals surface area contributed by atoms with E-state index >= 15 is 0 Å². The first-order valence-corrected chi connectivity index (χ1v) is 7.57. The summed E-state index contributed by atoms with van der Waals surface area (Å²) in [5, 5.41) is 5.60. The lowest BCUT2D eigenvalue weighted by Gasteiger charge is -2.19. The number of halogens is 1. The van der Waals surface area contributed by atoms with Gasteiger partial charge in [-0.15, -0.1) is 11.3 Å². The van der Waals surface area contributed by atoms with E-state index < -0.39 is 0 Å². The summed E-state index contributed by atoms with van der Waals surface area (Å²) in [6.45, 7) is 4.35. The van der Waals surface area contributed by atoms with Gasteiger partial charge in [-0.25, -0.2) is 0 Å². The molecular weight excluding hydrogens is 341 g/mol. The van der Waals surface area contributed by atoms with E-state index in [0.29, 0.717) is 6.04 Å². The first-order chi connectivity index (χ1) is 8.15. The van der Waals surface area contributed by atoms with Gasteiger partial charge < -0.3 is 5.32 Å². The van der Waals surface area contributed by atoms with Gasteiger partial charge in [0.2, 0.25) is 0 Å². The molecule has 1 N–H and O–H groups in total. The van der Waals surface area contributed by atoms with Gasteiger partial charge >= 0.3 is 0 Å². The molecule has 0 aliphatic heterocycles. The van der Waals surface area contributed by atoms with Crippen LogP contribution in [0.25, 0.3) is 0 Å². The Hall–Kier alpha value is -0.390. The summed E-state index contributed by atoms with van der Waals surface area (Å²) in [7, 11) is 2.03. The van der Waals surface area contributed by atoms with Crippen molar-refractivity contribution in [2.24, 2.45) is 0 Å². The molecule has 1 heterocycles. The molecule has 1 atom stereocenters. The predicted molar refractivity (Wildman–Crippen MR) is 83.9 cm³/mol. The lowest BCUT2D eigenvalue weighted by Crippen LogP contribution is -2.19. The number of nitrogens with one attached hydrogen (secondary N) is 1. The number of rotatable bonds is 3.